The van der Waals surface area contributed by atoms with Crippen LogP contribution in [0.15, 0.2) is 218 Å². The van der Waals surface area contributed by atoms with E-state index in [1.54, 1.807) is 0 Å². The molecule has 0 aliphatic heterocycles. The molecule has 0 amide bonds. The van der Waals surface area contributed by atoms with E-state index in [-0.39, 0.29) is 0 Å². The van der Waals surface area contributed by atoms with Gasteiger partial charge in [-0.05, 0) is 188 Å². The zero-order valence-electron chi connectivity index (χ0n) is 42.3. The molecule has 0 aliphatic rings. The van der Waals surface area contributed by atoms with E-state index in [1.807, 2.05) is 0 Å². The zero-order valence-corrected chi connectivity index (χ0v) is 42.3. The fraction of sp³-hybridized carbons (Fsp3) is 0.114. The smallest absolute Gasteiger partial charge is 0.119 e. The standard InChI is InChI=1S/C70H56N2O2/c1-5-43-73-53-35-31-51(32-36-53)72(52-33-37-54(38-34-52)74-44-6-2)62-42-40-60-66-56(62)20-14-22-58(66)68-63(47-15-9-7-10-16-47)67-57-21-13-19-55-61(71(49-27-23-45(3)24-28-49)50-29-25-46(4)26-30-50)41-39-59(65(55)57)69(67)64(70(60)68)48-17-11-8-12-18-48/h7-42H,5-6,43-44H2,1-4H3. The molecule has 0 bridgehead atoms. The molecule has 13 aromatic carbocycles. The molecule has 358 valence electrons. The Kier molecular flexibility index (Phi) is 11.3. The van der Waals surface area contributed by atoms with E-state index in [9.17, 15) is 0 Å². The summed E-state index contributed by atoms with van der Waals surface area (Å²) in [6.07, 6.45) is 1.91. The lowest BCUT2D eigenvalue weighted by Gasteiger charge is -2.27. The Bertz CT molecular complexity index is 3940. The third-order valence-electron chi connectivity index (χ3n) is 14.9. The summed E-state index contributed by atoms with van der Waals surface area (Å²) in [5.41, 5.74) is 14.0. The SMILES string of the molecule is CCCOc1ccc(N(c2ccc(OCCC)cc2)c2ccc3c4c(-c5ccccc5)c5c6ccc(N(c7ccc(C)cc7)c7ccc(C)cc7)c7cccc(c5c(-c5ccccc5)c4c4cccc2c43)c76)cc1. The van der Waals surface area contributed by atoms with Crippen LogP contribution < -0.4 is 19.3 Å². The topological polar surface area (TPSA) is 24.9 Å². The molecule has 0 aromatic heterocycles. The maximum Gasteiger partial charge on any atom is 0.119 e. The minimum atomic E-state index is 0.680. The molecule has 0 heterocycles. The highest BCUT2D eigenvalue weighted by Gasteiger charge is 2.30. The minimum absolute atomic E-state index is 0.680. The van der Waals surface area contributed by atoms with Crippen LogP contribution in [0.2, 0.25) is 0 Å². The third-order valence-corrected chi connectivity index (χ3v) is 14.9. The number of anilines is 6. The van der Waals surface area contributed by atoms with Crippen LogP contribution in [0.5, 0.6) is 11.5 Å². The summed E-state index contributed by atoms with van der Waals surface area (Å²) in [6.45, 7) is 9.95. The highest BCUT2D eigenvalue weighted by atomic mass is 16.5. The molecule has 0 N–H and O–H groups in total. The van der Waals surface area contributed by atoms with E-state index in [2.05, 4.69) is 256 Å². The number of nitrogens with zero attached hydrogens (tertiary/aromatic N) is 2. The molecule has 0 saturated heterocycles. The molecule has 0 radical (unpaired) electrons. The van der Waals surface area contributed by atoms with Crippen LogP contribution in [-0.2, 0) is 0 Å². The van der Waals surface area contributed by atoms with Gasteiger partial charge < -0.3 is 19.3 Å². The van der Waals surface area contributed by atoms with Crippen LogP contribution in [0.4, 0.5) is 34.1 Å². The second-order valence-corrected chi connectivity index (χ2v) is 19.7. The van der Waals surface area contributed by atoms with Gasteiger partial charge in [0.15, 0.2) is 0 Å². The average molecular weight is 957 g/mol. The first kappa shape index (κ1) is 45.0. The number of hydrogen-bond donors (Lipinski definition) is 0. The summed E-state index contributed by atoms with van der Waals surface area (Å²) in [5, 5.41) is 15.1. The Labute approximate surface area is 432 Å². The average Bonchev–Trinajstić information content (AvgIpc) is 3.97. The molecule has 74 heavy (non-hydrogen) atoms. The van der Waals surface area contributed by atoms with Crippen molar-refractivity contribution in [2.24, 2.45) is 0 Å². The van der Waals surface area contributed by atoms with Gasteiger partial charge >= 0.3 is 0 Å². The van der Waals surface area contributed by atoms with E-state index in [4.69, 9.17) is 9.47 Å². The van der Waals surface area contributed by atoms with Crippen molar-refractivity contribution in [2.45, 2.75) is 40.5 Å². The van der Waals surface area contributed by atoms with E-state index >= 15 is 0 Å². The molecule has 0 unspecified atom stereocenters. The van der Waals surface area contributed by atoms with E-state index < -0.39 is 0 Å². The molecular weight excluding hydrogens is 901 g/mol. The van der Waals surface area contributed by atoms with Gasteiger partial charge in [-0.15, -0.1) is 0 Å². The summed E-state index contributed by atoms with van der Waals surface area (Å²) >= 11 is 0. The predicted octanol–water partition coefficient (Wildman–Crippen LogP) is 19.9. The number of ether oxygens (including phenoxy) is 2. The normalized spacial score (nSPS) is 11.7. The molecule has 0 atom stereocenters. The lowest BCUT2D eigenvalue weighted by atomic mass is 9.87. The van der Waals surface area contributed by atoms with Crippen molar-refractivity contribution in [1.29, 1.82) is 0 Å². The van der Waals surface area contributed by atoms with Gasteiger partial charge in [-0.1, -0.05) is 158 Å². The molecule has 0 spiro atoms. The molecular formula is C70H56N2O2. The molecule has 13 rings (SSSR count). The van der Waals surface area contributed by atoms with Crippen LogP contribution in [-0.4, -0.2) is 13.2 Å². The van der Waals surface area contributed by atoms with Gasteiger partial charge in [0.05, 0.1) is 24.6 Å². The van der Waals surface area contributed by atoms with Crippen LogP contribution >= 0.6 is 0 Å². The van der Waals surface area contributed by atoms with Crippen molar-refractivity contribution < 1.29 is 9.47 Å². The number of benzene rings is 11. The molecule has 4 heteroatoms. The van der Waals surface area contributed by atoms with Gasteiger partial charge in [0.1, 0.15) is 11.5 Å². The van der Waals surface area contributed by atoms with Crippen LogP contribution in [0.25, 0.3) is 86.9 Å². The summed E-state index contributed by atoms with van der Waals surface area (Å²) in [5.74, 6) is 1.74. The maximum atomic E-state index is 6.09. The Hall–Kier alpha value is -8.86. The van der Waals surface area contributed by atoms with Gasteiger partial charge in [0, 0.05) is 33.5 Å². The molecule has 0 aliphatic carbocycles. The van der Waals surface area contributed by atoms with Crippen molar-refractivity contribution in [3.05, 3.63) is 230 Å². The van der Waals surface area contributed by atoms with Gasteiger partial charge in [0.2, 0.25) is 0 Å². The molecule has 13 aromatic rings. The monoisotopic (exact) mass is 956 g/mol. The van der Waals surface area contributed by atoms with Gasteiger partial charge in [-0.2, -0.15) is 0 Å². The van der Waals surface area contributed by atoms with Crippen LogP contribution in [0.1, 0.15) is 37.8 Å². The number of hydrogen-bond acceptors (Lipinski definition) is 4. The summed E-state index contributed by atoms with van der Waals surface area (Å²) in [6, 6.07) is 80.6. The third kappa shape index (κ3) is 7.43. The summed E-state index contributed by atoms with van der Waals surface area (Å²) in [4.78, 5) is 4.82. The van der Waals surface area contributed by atoms with Crippen molar-refractivity contribution in [3.63, 3.8) is 0 Å². The summed E-state index contributed by atoms with van der Waals surface area (Å²) in [7, 11) is 0. The van der Waals surface area contributed by atoms with Crippen LogP contribution in [0.3, 0.4) is 0 Å². The van der Waals surface area contributed by atoms with Crippen molar-refractivity contribution >= 4 is 98.8 Å². The molecule has 4 nitrogen and oxygen atoms in total. The van der Waals surface area contributed by atoms with Crippen LogP contribution in [0, 0.1) is 13.8 Å². The maximum absolute atomic E-state index is 6.09. The first-order valence-electron chi connectivity index (χ1n) is 26.2. The fourth-order valence-corrected chi connectivity index (χ4v) is 11.7. The lowest BCUT2D eigenvalue weighted by molar-refractivity contribution is 0.317. The largest absolute Gasteiger partial charge is 0.494 e. The minimum Gasteiger partial charge on any atom is -0.494 e. The van der Waals surface area contributed by atoms with Gasteiger partial charge in [0.25, 0.3) is 0 Å². The van der Waals surface area contributed by atoms with E-state index in [0.29, 0.717) is 13.2 Å². The molecule has 0 saturated carbocycles. The number of rotatable bonds is 14. The Morgan fingerprint density at radius 2 is 0.622 bits per heavy atom. The quantitative estimate of drug-likeness (QED) is 0.108. The van der Waals surface area contributed by atoms with Gasteiger partial charge in [-0.3, -0.25) is 0 Å². The van der Waals surface area contributed by atoms with Gasteiger partial charge in [-0.25, -0.2) is 0 Å². The second-order valence-electron chi connectivity index (χ2n) is 19.7. The highest BCUT2D eigenvalue weighted by Crippen LogP contribution is 2.57. The predicted molar refractivity (Wildman–Crippen MR) is 315 cm³/mol. The van der Waals surface area contributed by atoms with Crippen molar-refractivity contribution in [1.82, 2.24) is 0 Å². The van der Waals surface area contributed by atoms with E-state index in [0.717, 1.165) is 58.5 Å². The van der Waals surface area contributed by atoms with Crippen molar-refractivity contribution in [2.75, 3.05) is 23.0 Å². The fourth-order valence-electron chi connectivity index (χ4n) is 11.7. The summed E-state index contributed by atoms with van der Waals surface area (Å²) < 4.78 is 12.2. The highest BCUT2D eigenvalue weighted by molar-refractivity contribution is 6.47. The Morgan fingerprint density at radius 3 is 0.973 bits per heavy atom. The second kappa shape index (κ2) is 18.6. The number of aryl methyl sites for hydroxylation is 2. The number of fused-ring (bicyclic) bond motifs is 6. The molecule has 0 fully saturated rings. The lowest BCUT2D eigenvalue weighted by Crippen LogP contribution is -2.10. The Balaban J connectivity index is 1.13. The first-order valence-corrected chi connectivity index (χ1v) is 26.2. The zero-order chi connectivity index (χ0) is 49.9. The van der Waals surface area contributed by atoms with E-state index in [1.165, 1.54) is 98.0 Å². The Morgan fingerprint density at radius 1 is 0.297 bits per heavy atom. The van der Waals surface area contributed by atoms with Crippen molar-refractivity contribution in [3.8, 4) is 33.8 Å². The first-order chi connectivity index (χ1) is 36.5.